The Kier molecular flexibility index (Phi) is 7.61. The molecule has 2 aromatic carbocycles. The molecular weight excluding hydrogens is 443 g/mol. The molecule has 0 aliphatic heterocycles. The van der Waals surface area contributed by atoms with Crippen LogP contribution in [0.15, 0.2) is 85.3 Å². The van der Waals surface area contributed by atoms with Gasteiger partial charge in [0.25, 0.3) is 0 Å². The van der Waals surface area contributed by atoms with Crippen LogP contribution < -0.4 is 10.6 Å². The fourth-order valence-corrected chi connectivity index (χ4v) is 3.53. The average Bonchev–Trinajstić information content (AvgIpc) is 3.29. The zero-order valence-corrected chi connectivity index (χ0v) is 18.9. The lowest BCUT2D eigenvalue weighted by molar-refractivity contribution is -0.116. The number of halogens is 1. The first-order chi connectivity index (χ1) is 17.1. The summed E-state index contributed by atoms with van der Waals surface area (Å²) in [6, 6.07) is 20.0. The summed E-state index contributed by atoms with van der Waals surface area (Å²) < 4.78 is 15.5. The van der Waals surface area contributed by atoms with Crippen molar-refractivity contribution >= 4 is 17.7 Å². The molecule has 7 nitrogen and oxygen atoms in total. The number of rotatable bonds is 9. The van der Waals surface area contributed by atoms with E-state index in [0.717, 1.165) is 22.4 Å². The van der Waals surface area contributed by atoms with Crippen molar-refractivity contribution in [2.75, 3.05) is 18.4 Å². The lowest BCUT2D eigenvalue weighted by Gasteiger charge is -2.08. The highest BCUT2D eigenvalue weighted by molar-refractivity contribution is 5.92. The lowest BCUT2D eigenvalue weighted by Crippen LogP contribution is -2.27. The van der Waals surface area contributed by atoms with Gasteiger partial charge in [0.1, 0.15) is 23.1 Å². The van der Waals surface area contributed by atoms with Gasteiger partial charge in [-0.3, -0.25) is 14.5 Å². The number of amides is 1. The second-order valence-electron chi connectivity index (χ2n) is 7.68. The van der Waals surface area contributed by atoms with E-state index < -0.39 is 5.82 Å². The standard InChI is InChI=1S/C27H23FN6O/c28-24-9-4-10-25(23(24)16-29)31-14-15-32-26(35)12-11-22-19-34(18-20-6-2-1-3-7-20)33-27(22)21-8-5-13-30-17-21/h1-13,17,19,31H,14-15,18H2,(H,32,35). The maximum Gasteiger partial charge on any atom is 0.244 e. The minimum atomic E-state index is -0.582. The molecule has 35 heavy (non-hydrogen) atoms. The number of anilines is 1. The summed E-state index contributed by atoms with van der Waals surface area (Å²) in [6.07, 6.45) is 8.51. The predicted octanol–water partition coefficient (Wildman–Crippen LogP) is 4.25. The van der Waals surface area contributed by atoms with Crippen LogP contribution in [0.2, 0.25) is 0 Å². The van der Waals surface area contributed by atoms with Crippen LogP contribution >= 0.6 is 0 Å². The van der Waals surface area contributed by atoms with Gasteiger partial charge in [-0.05, 0) is 35.9 Å². The Morgan fingerprint density at radius 2 is 1.94 bits per heavy atom. The molecule has 0 aliphatic carbocycles. The van der Waals surface area contributed by atoms with E-state index in [0.29, 0.717) is 25.3 Å². The van der Waals surface area contributed by atoms with E-state index in [1.165, 1.54) is 18.2 Å². The quantitative estimate of drug-likeness (QED) is 0.284. The number of benzene rings is 2. The maximum atomic E-state index is 13.7. The first kappa shape index (κ1) is 23.4. The van der Waals surface area contributed by atoms with E-state index in [1.54, 1.807) is 24.5 Å². The van der Waals surface area contributed by atoms with Crippen molar-refractivity contribution in [3.8, 4) is 17.3 Å². The van der Waals surface area contributed by atoms with Crippen molar-refractivity contribution < 1.29 is 9.18 Å². The van der Waals surface area contributed by atoms with Gasteiger partial charge in [0.15, 0.2) is 0 Å². The minimum Gasteiger partial charge on any atom is -0.382 e. The third kappa shape index (κ3) is 6.18. The molecule has 0 atom stereocenters. The smallest absolute Gasteiger partial charge is 0.244 e. The number of nitrogens with one attached hydrogen (secondary N) is 2. The van der Waals surface area contributed by atoms with E-state index in [4.69, 9.17) is 10.4 Å². The van der Waals surface area contributed by atoms with E-state index >= 15 is 0 Å². The fraction of sp³-hybridized carbons (Fsp3) is 0.111. The van der Waals surface area contributed by atoms with E-state index in [9.17, 15) is 9.18 Å². The van der Waals surface area contributed by atoms with Crippen molar-refractivity contribution in [3.63, 3.8) is 0 Å². The van der Waals surface area contributed by atoms with E-state index in [-0.39, 0.29) is 11.5 Å². The summed E-state index contributed by atoms with van der Waals surface area (Å²) in [5.41, 5.74) is 3.84. The third-order valence-electron chi connectivity index (χ3n) is 5.19. The molecule has 4 rings (SSSR count). The number of nitrogens with zero attached hydrogens (tertiary/aromatic N) is 4. The SMILES string of the molecule is N#Cc1c(F)cccc1NCCNC(=O)C=Cc1cn(Cc2ccccc2)nc1-c1cccnc1. The first-order valence-electron chi connectivity index (χ1n) is 11.0. The van der Waals surface area contributed by atoms with Gasteiger partial charge in [-0.2, -0.15) is 10.4 Å². The normalized spacial score (nSPS) is 10.7. The lowest BCUT2D eigenvalue weighted by atomic mass is 10.1. The van der Waals surface area contributed by atoms with Crippen LogP contribution in [0.4, 0.5) is 10.1 Å². The largest absolute Gasteiger partial charge is 0.382 e. The van der Waals surface area contributed by atoms with Crippen LogP contribution in [0.3, 0.4) is 0 Å². The van der Waals surface area contributed by atoms with Crippen LogP contribution in [0.25, 0.3) is 17.3 Å². The highest BCUT2D eigenvalue weighted by Gasteiger charge is 2.11. The molecule has 0 radical (unpaired) electrons. The summed E-state index contributed by atoms with van der Waals surface area (Å²) in [4.78, 5) is 16.6. The molecule has 2 N–H and O–H groups in total. The van der Waals surface area contributed by atoms with Crippen molar-refractivity contribution in [2.24, 2.45) is 0 Å². The van der Waals surface area contributed by atoms with Gasteiger partial charge < -0.3 is 10.6 Å². The Morgan fingerprint density at radius 3 is 2.71 bits per heavy atom. The average molecular weight is 467 g/mol. The Hall–Kier alpha value is -4.77. The van der Waals surface area contributed by atoms with Crippen LogP contribution in [0, 0.1) is 17.1 Å². The van der Waals surface area contributed by atoms with Gasteiger partial charge in [-0.15, -0.1) is 0 Å². The highest BCUT2D eigenvalue weighted by Crippen LogP contribution is 2.23. The molecule has 0 saturated carbocycles. The third-order valence-corrected chi connectivity index (χ3v) is 5.19. The first-order valence-corrected chi connectivity index (χ1v) is 11.0. The number of nitriles is 1. The van der Waals surface area contributed by atoms with Crippen molar-refractivity contribution in [2.45, 2.75) is 6.54 Å². The molecule has 0 aliphatic rings. The second kappa shape index (κ2) is 11.4. The fourth-order valence-electron chi connectivity index (χ4n) is 3.53. The Morgan fingerprint density at radius 1 is 1.09 bits per heavy atom. The summed E-state index contributed by atoms with van der Waals surface area (Å²) in [6.45, 7) is 1.24. The Labute approximate surface area is 202 Å². The molecule has 0 spiro atoms. The molecule has 4 aromatic rings. The topological polar surface area (TPSA) is 95.6 Å². The molecule has 0 saturated heterocycles. The zero-order valence-electron chi connectivity index (χ0n) is 18.9. The van der Waals surface area contributed by atoms with Crippen LogP contribution in [-0.2, 0) is 11.3 Å². The molecular formula is C27H23FN6O. The summed E-state index contributed by atoms with van der Waals surface area (Å²) in [7, 11) is 0. The molecule has 0 fully saturated rings. The van der Waals surface area contributed by atoms with Gasteiger partial charge in [0, 0.05) is 48.9 Å². The van der Waals surface area contributed by atoms with Gasteiger partial charge in [0.2, 0.25) is 5.91 Å². The van der Waals surface area contributed by atoms with Crippen molar-refractivity contribution in [1.82, 2.24) is 20.1 Å². The summed E-state index contributed by atoms with van der Waals surface area (Å²) in [5, 5.41) is 19.6. The number of pyridine rings is 1. The van der Waals surface area contributed by atoms with Gasteiger partial charge in [0.05, 0.1) is 12.2 Å². The Balaban J connectivity index is 1.40. The summed E-state index contributed by atoms with van der Waals surface area (Å²) in [5.74, 6) is -0.860. The number of aromatic nitrogens is 3. The van der Waals surface area contributed by atoms with Crippen LogP contribution in [0.5, 0.6) is 0 Å². The van der Waals surface area contributed by atoms with Crippen LogP contribution in [0.1, 0.15) is 16.7 Å². The summed E-state index contributed by atoms with van der Waals surface area (Å²) >= 11 is 0. The number of hydrogen-bond acceptors (Lipinski definition) is 5. The predicted molar refractivity (Wildman–Crippen MR) is 133 cm³/mol. The molecule has 174 valence electrons. The van der Waals surface area contributed by atoms with Gasteiger partial charge >= 0.3 is 0 Å². The molecule has 2 aromatic heterocycles. The molecule has 8 heteroatoms. The number of carbonyl (C=O) groups is 1. The van der Waals surface area contributed by atoms with Crippen LogP contribution in [-0.4, -0.2) is 33.8 Å². The van der Waals surface area contributed by atoms with E-state index in [1.807, 2.05) is 59.4 Å². The molecule has 2 heterocycles. The van der Waals surface area contributed by atoms with E-state index in [2.05, 4.69) is 15.6 Å². The maximum absolute atomic E-state index is 13.7. The van der Waals surface area contributed by atoms with Crippen molar-refractivity contribution in [1.29, 1.82) is 5.26 Å². The van der Waals surface area contributed by atoms with Crippen molar-refractivity contribution in [3.05, 3.63) is 108 Å². The molecule has 0 bridgehead atoms. The van der Waals surface area contributed by atoms with Gasteiger partial charge in [-0.25, -0.2) is 4.39 Å². The number of hydrogen-bond donors (Lipinski definition) is 2. The number of carbonyl (C=O) groups excluding carboxylic acids is 1. The zero-order chi connectivity index (χ0) is 24.5. The Bertz CT molecular complexity index is 1360. The second-order valence-corrected chi connectivity index (χ2v) is 7.68. The van der Waals surface area contributed by atoms with Gasteiger partial charge in [-0.1, -0.05) is 36.4 Å². The molecule has 1 amide bonds. The highest BCUT2D eigenvalue weighted by atomic mass is 19.1. The minimum absolute atomic E-state index is 0.0471. The monoisotopic (exact) mass is 466 g/mol. The molecule has 0 unspecified atom stereocenters.